The van der Waals surface area contributed by atoms with Gasteiger partial charge in [0.2, 0.25) is 15.9 Å². The summed E-state index contributed by atoms with van der Waals surface area (Å²) in [6, 6.07) is 6.53. The predicted octanol–water partition coefficient (Wildman–Crippen LogP) is 3.70. The van der Waals surface area contributed by atoms with Crippen LogP contribution in [-0.2, 0) is 27.7 Å². The van der Waals surface area contributed by atoms with Crippen molar-refractivity contribution in [1.82, 2.24) is 9.29 Å². The minimum atomic E-state index is -3.47. The lowest BCUT2D eigenvalue weighted by Gasteiger charge is -2.18. The number of anilines is 1. The molecular weight excluding hydrogens is 394 g/mol. The Morgan fingerprint density at radius 2 is 1.86 bits per heavy atom. The van der Waals surface area contributed by atoms with Crippen molar-refractivity contribution in [2.75, 3.05) is 18.4 Å². The molecule has 0 unspecified atom stereocenters. The summed E-state index contributed by atoms with van der Waals surface area (Å²) in [4.78, 5) is 18.2. The monoisotopic (exact) mass is 419 g/mol. The van der Waals surface area contributed by atoms with Gasteiger partial charge in [-0.1, -0.05) is 26.0 Å². The van der Waals surface area contributed by atoms with E-state index in [1.54, 1.807) is 41.7 Å². The maximum atomic E-state index is 12.5. The molecule has 0 saturated carbocycles. The molecule has 0 saturated heterocycles. The number of fused-ring (bicyclic) bond motifs is 1. The Kier molecular flexibility index (Phi) is 6.64. The van der Waals surface area contributed by atoms with Gasteiger partial charge in [0, 0.05) is 24.0 Å². The van der Waals surface area contributed by atoms with Crippen LogP contribution in [0.15, 0.2) is 35.2 Å². The van der Waals surface area contributed by atoms with Gasteiger partial charge in [-0.25, -0.2) is 13.4 Å². The zero-order valence-electron chi connectivity index (χ0n) is 16.1. The number of sulfonamides is 1. The first-order valence-corrected chi connectivity index (χ1v) is 11.8. The summed E-state index contributed by atoms with van der Waals surface area (Å²) in [6.07, 6.45) is 7.47. The van der Waals surface area contributed by atoms with Crippen LogP contribution < -0.4 is 5.32 Å². The van der Waals surface area contributed by atoms with Crippen molar-refractivity contribution in [1.29, 1.82) is 0 Å². The molecule has 1 amide bonds. The number of nitrogens with zero attached hydrogens (tertiary/aromatic N) is 2. The van der Waals surface area contributed by atoms with E-state index in [4.69, 9.17) is 0 Å². The molecule has 1 N–H and O–H groups in total. The van der Waals surface area contributed by atoms with E-state index in [0.717, 1.165) is 30.5 Å². The summed E-state index contributed by atoms with van der Waals surface area (Å²) in [5.41, 5.74) is 1.87. The van der Waals surface area contributed by atoms with Crippen LogP contribution in [-0.4, -0.2) is 36.7 Å². The molecular formula is C20H25N3O3S2. The van der Waals surface area contributed by atoms with E-state index < -0.39 is 10.0 Å². The summed E-state index contributed by atoms with van der Waals surface area (Å²) < 4.78 is 26.4. The molecule has 28 heavy (non-hydrogen) atoms. The molecule has 0 fully saturated rings. The molecule has 0 aliphatic heterocycles. The lowest BCUT2D eigenvalue weighted by molar-refractivity contribution is -0.111. The summed E-state index contributed by atoms with van der Waals surface area (Å²) in [7, 11) is -3.47. The van der Waals surface area contributed by atoms with Crippen molar-refractivity contribution >= 4 is 38.5 Å². The highest BCUT2D eigenvalue weighted by Gasteiger charge is 2.21. The topological polar surface area (TPSA) is 79.4 Å². The minimum absolute atomic E-state index is 0.245. The van der Waals surface area contributed by atoms with Crippen molar-refractivity contribution in [2.45, 2.75) is 44.4 Å². The van der Waals surface area contributed by atoms with E-state index in [0.29, 0.717) is 18.2 Å². The van der Waals surface area contributed by atoms with E-state index in [-0.39, 0.29) is 10.8 Å². The van der Waals surface area contributed by atoms with Crippen molar-refractivity contribution in [3.8, 4) is 0 Å². The fraction of sp³-hybridized carbons (Fsp3) is 0.400. The highest BCUT2D eigenvalue weighted by molar-refractivity contribution is 7.89. The fourth-order valence-corrected chi connectivity index (χ4v) is 5.70. The van der Waals surface area contributed by atoms with Crippen LogP contribution in [0.1, 0.15) is 42.8 Å². The second kappa shape index (κ2) is 8.98. The molecule has 6 nitrogen and oxygen atoms in total. The number of aryl methyl sites for hydroxylation is 2. The largest absolute Gasteiger partial charge is 0.298 e. The average Bonchev–Trinajstić information content (AvgIpc) is 3.09. The Balaban J connectivity index is 1.64. The van der Waals surface area contributed by atoms with Gasteiger partial charge in [0.25, 0.3) is 0 Å². The molecule has 150 valence electrons. The number of hydrogen-bond donors (Lipinski definition) is 1. The molecule has 0 bridgehead atoms. The van der Waals surface area contributed by atoms with E-state index in [2.05, 4.69) is 10.3 Å². The molecule has 0 atom stereocenters. The van der Waals surface area contributed by atoms with Crippen LogP contribution in [0, 0.1) is 0 Å². The number of aromatic nitrogens is 1. The number of carbonyl (C=O) groups excluding carboxylic acids is 1. The summed E-state index contributed by atoms with van der Waals surface area (Å²) in [5.74, 6) is -0.245. The number of rotatable bonds is 7. The summed E-state index contributed by atoms with van der Waals surface area (Å²) in [6.45, 7) is 4.49. The van der Waals surface area contributed by atoms with Gasteiger partial charge in [0.1, 0.15) is 0 Å². The highest BCUT2D eigenvalue weighted by Crippen LogP contribution is 2.29. The lowest BCUT2D eigenvalue weighted by atomic mass is 10.0. The zero-order chi connectivity index (χ0) is 20.1. The number of thiazole rings is 1. The smallest absolute Gasteiger partial charge is 0.250 e. The van der Waals surface area contributed by atoms with Crippen LogP contribution in [0.4, 0.5) is 5.13 Å². The van der Waals surface area contributed by atoms with E-state index in [1.807, 2.05) is 13.8 Å². The molecule has 0 spiro atoms. The molecule has 1 aliphatic carbocycles. The first-order valence-electron chi connectivity index (χ1n) is 9.52. The number of carbonyl (C=O) groups is 1. The van der Waals surface area contributed by atoms with Crippen molar-refractivity contribution < 1.29 is 13.2 Å². The molecule has 1 aromatic carbocycles. The first-order chi connectivity index (χ1) is 13.4. The molecule has 8 heteroatoms. The fourth-order valence-electron chi connectivity index (χ4n) is 3.19. The van der Waals surface area contributed by atoms with Gasteiger partial charge in [0.05, 0.1) is 10.6 Å². The van der Waals surface area contributed by atoms with Crippen LogP contribution in [0.3, 0.4) is 0 Å². The highest BCUT2D eigenvalue weighted by atomic mass is 32.2. The Bertz CT molecular complexity index is 936. The minimum Gasteiger partial charge on any atom is -0.298 e. The summed E-state index contributed by atoms with van der Waals surface area (Å²) >= 11 is 1.55. The molecule has 1 aromatic heterocycles. The number of nitrogens with one attached hydrogen (secondary N) is 1. The third-order valence-corrected chi connectivity index (χ3v) is 7.86. The van der Waals surface area contributed by atoms with Gasteiger partial charge in [-0.15, -0.1) is 11.3 Å². The van der Waals surface area contributed by atoms with Gasteiger partial charge in [-0.05, 0) is 49.5 Å². The van der Waals surface area contributed by atoms with Crippen LogP contribution in [0.5, 0.6) is 0 Å². The second-order valence-electron chi connectivity index (χ2n) is 6.58. The Morgan fingerprint density at radius 3 is 2.50 bits per heavy atom. The number of hydrogen-bond acceptors (Lipinski definition) is 5. The zero-order valence-corrected chi connectivity index (χ0v) is 17.8. The van der Waals surface area contributed by atoms with E-state index >= 15 is 0 Å². The third-order valence-electron chi connectivity index (χ3n) is 4.73. The lowest BCUT2D eigenvalue weighted by Crippen LogP contribution is -2.30. The predicted molar refractivity (Wildman–Crippen MR) is 113 cm³/mol. The standard InChI is InChI=1S/C20H25N3O3S2/c1-3-23(4-2)28(25,26)16-12-9-15(10-13-16)11-14-19(24)22-20-21-17-7-5-6-8-18(17)27-20/h9-14H,3-8H2,1-2H3,(H,21,22,24)/b14-11+. The van der Waals surface area contributed by atoms with E-state index in [9.17, 15) is 13.2 Å². The Hall–Kier alpha value is -2.03. The van der Waals surface area contributed by atoms with Crippen molar-refractivity contribution in [2.24, 2.45) is 0 Å². The van der Waals surface area contributed by atoms with Crippen molar-refractivity contribution in [3.63, 3.8) is 0 Å². The summed E-state index contributed by atoms with van der Waals surface area (Å²) in [5, 5.41) is 3.46. The van der Waals surface area contributed by atoms with Gasteiger partial charge in [0.15, 0.2) is 5.13 Å². The van der Waals surface area contributed by atoms with Crippen LogP contribution in [0.2, 0.25) is 0 Å². The maximum absolute atomic E-state index is 12.5. The van der Waals surface area contributed by atoms with E-state index in [1.165, 1.54) is 21.7 Å². The maximum Gasteiger partial charge on any atom is 0.250 e. The second-order valence-corrected chi connectivity index (χ2v) is 9.60. The van der Waals surface area contributed by atoms with Gasteiger partial charge >= 0.3 is 0 Å². The average molecular weight is 420 g/mol. The number of amides is 1. The van der Waals surface area contributed by atoms with Gasteiger partial charge < -0.3 is 0 Å². The molecule has 0 radical (unpaired) electrons. The van der Waals surface area contributed by atoms with Crippen LogP contribution in [0.25, 0.3) is 6.08 Å². The van der Waals surface area contributed by atoms with Gasteiger partial charge in [-0.2, -0.15) is 4.31 Å². The third kappa shape index (κ3) is 4.68. The Labute approximate surface area is 170 Å². The van der Waals surface area contributed by atoms with Crippen LogP contribution >= 0.6 is 11.3 Å². The number of benzene rings is 1. The molecule has 1 aliphatic rings. The quantitative estimate of drug-likeness (QED) is 0.694. The molecule has 1 heterocycles. The SMILES string of the molecule is CCN(CC)S(=O)(=O)c1ccc(/C=C/C(=O)Nc2nc3c(s2)CCCC3)cc1. The normalized spacial score (nSPS) is 14.4. The first kappa shape index (κ1) is 20.7. The Morgan fingerprint density at radius 1 is 1.18 bits per heavy atom. The molecule has 3 rings (SSSR count). The molecule has 2 aromatic rings. The van der Waals surface area contributed by atoms with Gasteiger partial charge in [-0.3, -0.25) is 10.1 Å². The van der Waals surface area contributed by atoms with Crippen molar-refractivity contribution in [3.05, 3.63) is 46.5 Å².